The molecule has 0 atom stereocenters. The largest absolute Gasteiger partial charge is 0.398 e. The molecule has 1 saturated heterocycles. The first-order valence-electron chi connectivity index (χ1n) is 6.71. The van der Waals surface area contributed by atoms with E-state index in [4.69, 9.17) is 5.73 Å². The summed E-state index contributed by atoms with van der Waals surface area (Å²) in [7, 11) is -6.87. The summed E-state index contributed by atoms with van der Waals surface area (Å²) in [4.78, 5) is 0.166. The minimum absolute atomic E-state index is 0.00203. The minimum Gasteiger partial charge on any atom is -0.398 e. The Hall–Kier alpha value is -1.12. The zero-order valence-corrected chi connectivity index (χ0v) is 13.8. The maximum Gasteiger partial charge on any atom is 0.243 e. The number of sulfone groups is 1. The third-order valence-corrected chi connectivity index (χ3v) is 7.42. The number of rotatable bonds is 2. The molecule has 2 N–H and O–H groups in total. The van der Waals surface area contributed by atoms with Crippen LogP contribution in [0.25, 0.3) is 0 Å². The summed E-state index contributed by atoms with van der Waals surface area (Å²) in [5, 5.41) is 0. The highest BCUT2D eigenvalue weighted by molar-refractivity contribution is 7.91. The Morgan fingerprint density at radius 2 is 1.81 bits per heavy atom. The summed E-state index contributed by atoms with van der Waals surface area (Å²) in [5.41, 5.74) is 7.54. The molecule has 1 aromatic rings. The Labute approximate surface area is 125 Å². The fourth-order valence-corrected chi connectivity index (χ4v) is 5.62. The first kappa shape index (κ1) is 16.3. The Morgan fingerprint density at radius 1 is 1.14 bits per heavy atom. The predicted molar refractivity (Wildman–Crippen MR) is 82.4 cm³/mol. The number of benzene rings is 1. The van der Waals surface area contributed by atoms with Crippen LogP contribution >= 0.6 is 0 Å². The van der Waals surface area contributed by atoms with Gasteiger partial charge < -0.3 is 5.73 Å². The van der Waals surface area contributed by atoms with Crippen LogP contribution in [0.1, 0.15) is 17.5 Å². The van der Waals surface area contributed by atoms with E-state index in [0.717, 1.165) is 5.56 Å². The van der Waals surface area contributed by atoms with Crippen molar-refractivity contribution in [3.05, 3.63) is 23.3 Å². The van der Waals surface area contributed by atoms with E-state index in [1.165, 1.54) is 4.31 Å². The van der Waals surface area contributed by atoms with Crippen LogP contribution in [0.3, 0.4) is 0 Å². The molecule has 0 saturated carbocycles. The highest BCUT2D eigenvalue weighted by atomic mass is 32.2. The number of hydrogen-bond acceptors (Lipinski definition) is 5. The van der Waals surface area contributed by atoms with Crippen LogP contribution in [-0.2, 0) is 19.9 Å². The zero-order valence-electron chi connectivity index (χ0n) is 12.2. The summed E-state index contributed by atoms with van der Waals surface area (Å²) >= 11 is 0. The van der Waals surface area contributed by atoms with Crippen molar-refractivity contribution < 1.29 is 16.8 Å². The van der Waals surface area contributed by atoms with Crippen LogP contribution in [0.5, 0.6) is 0 Å². The lowest BCUT2D eigenvalue weighted by Crippen LogP contribution is -2.34. The highest BCUT2D eigenvalue weighted by Crippen LogP contribution is 2.26. The zero-order chi connectivity index (χ0) is 15.8. The maximum absolute atomic E-state index is 12.8. The minimum atomic E-state index is -3.72. The molecule has 1 fully saturated rings. The molecule has 0 spiro atoms. The maximum atomic E-state index is 12.8. The Morgan fingerprint density at radius 3 is 2.48 bits per heavy atom. The van der Waals surface area contributed by atoms with E-state index < -0.39 is 19.9 Å². The molecule has 0 aromatic heterocycles. The van der Waals surface area contributed by atoms with E-state index in [1.54, 1.807) is 26.0 Å². The molecule has 8 heteroatoms. The van der Waals surface area contributed by atoms with Crippen LogP contribution in [0.15, 0.2) is 17.0 Å². The van der Waals surface area contributed by atoms with Crippen molar-refractivity contribution >= 4 is 25.5 Å². The van der Waals surface area contributed by atoms with Crippen molar-refractivity contribution in [2.24, 2.45) is 0 Å². The number of nitrogens with two attached hydrogens (primary N) is 1. The number of nitrogen functional groups attached to an aromatic ring is 1. The average Bonchev–Trinajstić information content (AvgIpc) is 2.55. The number of anilines is 1. The van der Waals surface area contributed by atoms with Crippen LogP contribution in [0.2, 0.25) is 0 Å². The smallest absolute Gasteiger partial charge is 0.243 e. The van der Waals surface area contributed by atoms with Gasteiger partial charge >= 0.3 is 0 Å². The topological polar surface area (TPSA) is 97.5 Å². The molecule has 0 aliphatic carbocycles. The lowest BCUT2D eigenvalue weighted by atomic mass is 10.1. The first-order chi connectivity index (χ1) is 9.63. The molecule has 6 nitrogen and oxygen atoms in total. The normalized spacial score (nSPS) is 20.1. The van der Waals surface area contributed by atoms with Crippen molar-refractivity contribution in [3.8, 4) is 0 Å². The molecule has 0 bridgehead atoms. The fraction of sp³-hybridized carbons (Fsp3) is 0.538. The number of sulfonamides is 1. The highest BCUT2D eigenvalue weighted by Gasteiger charge is 2.30. The lowest BCUT2D eigenvalue weighted by molar-refractivity contribution is 0.434. The Balaban J connectivity index is 2.43. The summed E-state index contributed by atoms with van der Waals surface area (Å²) in [6, 6.07) is 3.31. The van der Waals surface area contributed by atoms with Gasteiger partial charge in [0, 0.05) is 18.8 Å². The second-order valence-corrected chi connectivity index (χ2v) is 9.60. The van der Waals surface area contributed by atoms with Crippen LogP contribution < -0.4 is 5.73 Å². The van der Waals surface area contributed by atoms with E-state index in [1.807, 2.05) is 0 Å². The predicted octanol–water partition coefficient (Wildman–Crippen LogP) is 0.695. The molecule has 0 amide bonds. The van der Waals surface area contributed by atoms with Crippen LogP contribution in [0, 0.1) is 13.8 Å². The quantitative estimate of drug-likeness (QED) is 0.804. The number of nitrogens with zero attached hydrogens (tertiary/aromatic N) is 1. The van der Waals surface area contributed by atoms with Crippen LogP contribution in [0.4, 0.5) is 5.69 Å². The van der Waals surface area contributed by atoms with Gasteiger partial charge in [0.25, 0.3) is 0 Å². The molecule has 2 rings (SSSR count). The van der Waals surface area contributed by atoms with Crippen molar-refractivity contribution in [1.82, 2.24) is 4.31 Å². The van der Waals surface area contributed by atoms with Crippen molar-refractivity contribution in [3.63, 3.8) is 0 Å². The average molecular weight is 332 g/mol. The van der Waals surface area contributed by atoms with Crippen molar-refractivity contribution in [1.29, 1.82) is 0 Å². The first-order valence-corrected chi connectivity index (χ1v) is 9.97. The van der Waals surface area contributed by atoms with Gasteiger partial charge in [0.2, 0.25) is 10.0 Å². The Kier molecular flexibility index (Phi) is 4.32. The van der Waals surface area contributed by atoms with E-state index in [-0.39, 0.29) is 29.5 Å². The molecule has 1 heterocycles. The third kappa shape index (κ3) is 3.38. The number of hydrogen-bond donors (Lipinski definition) is 1. The molecule has 0 radical (unpaired) electrons. The molecular formula is C13H20N2O4S2. The van der Waals surface area contributed by atoms with Gasteiger partial charge in [-0.05, 0) is 43.5 Å². The van der Waals surface area contributed by atoms with E-state index in [0.29, 0.717) is 17.7 Å². The standard InChI is InChI=1S/C13H20N2O4S2/c1-10-8-12(14)11(2)13(9-10)21(18,19)15-4-3-6-20(16,17)7-5-15/h8-9H,3-7,14H2,1-2H3. The summed E-state index contributed by atoms with van der Waals surface area (Å²) in [6.07, 6.45) is 0.321. The van der Waals surface area contributed by atoms with Crippen LogP contribution in [-0.4, -0.2) is 45.7 Å². The second-order valence-electron chi connectivity index (χ2n) is 5.39. The van der Waals surface area contributed by atoms with Gasteiger partial charge in [0.1, 0.15) is 0 Å². The van der Waals surface area contributed by atoms with Gasteiger partial charge in [0.05, 0.1) is 16.4 Å². The van der Waals surface area contributed by atoms with Gasteiger partial charge in [-0.25, -0.2) is 16.8 Å². The monoisotopic (exact) mass is 332 g/mol. The van der Waals surface area contributed by atoms with Gasteiger partial charge in [0.15, 0.2) is 9.84 Å². The second kappa shape index (κ2) is 5.58. The number of aryl methyl sites for hydroxylation is 1. The molecular weight excluding hydrogens is 312 g/mol. The molecule has 1 aromatic carbocycles. The third-order valence-electron chi connectivity index (χ3n) is 3.68. The van der Waals surface area contributed by atoms with Gasteiger partial charge in [-0.3, -0.25) is 0 Å². The van der Waals surface area contributed by atoms with Gasteiger partial charge in [-0.2, -0.15) is 4.31 Å². The van der Waals surface area contributed by atoms with Gasteiger partial charge in [-0.15, -0.1) is 0 Å². The molecule has 1 aliphatic rings. The summed E-state index contributed by atoms with van der Waals surface area (Å²) in [6.45, 7) is 3.66. The molecule has 118 valence electrons. The van der Waals surface area contributed by atoms with Crippen molar-refractivity contribution in [2.45, 2.75) is 25.2 Å². The molecule has 21 heavy (non-hydrogen) atoms. The SMILES string of the molecule is Cc1cc(N)c(C)c(S(=O)(=O)N2CCCS(=O)(=O)CC2)c1. The summed E-state index contributed by atoms with van der Waals surface area (Å²) in [5.74, 6) is -0.0967. The van der Waals surface area contributed by atoms with E-state index in [9.17, 15) is 16.8 Å². The van der Waals surface area contributed by atoms with Gasteiger partial charge in [-0.1, -0.05) is 0 Å². The fourth-order valence-electron chi connectivity index (χ4n) is 2.42. The molecule has 0 unspecified atom stereocenters. The van der Waals surface area contributed by atoms with E-state index >= 15 is 0 Å². The van der Waals surface area contributed by atoms with Crippen molar-refractivity contribution in [2.75, 3.05) is 30.3 Å². The lowest BCUT2D eigenvalue weighted by Gasteiger charge is -2.21. The molecule has 1 aliphatic heterocycles. The Bertz CT molecular complexity index is 755. The summed E-state index contributed by atoms with van der Waals surface area (Å²) < 4.78 is 50.0. The van der Waals surface area contributed by atoms with E-state index in [2.05, 4.69) is 0 Å².